The van der Waals surface area contributed by atoms with Crippen LogP contribution in [0.3, 0.4) is 0 Å². The van der Waals surface area contributed by atoms with Crippen LogP contribution in [0.25, 0.3) is 0 Å². The molecule has 3 aliphatic rings. The molecule has 1 atom stereocenters. The molecular formula is C15H22N4O3S. The van der Waals surface area contributed by atoms with Gasteiger partial charge >= 0.3 is 0 Å². The number of rotatable bonds is 4. The molecule has 3 aliphatic heterocycles. The van der Waals surface area contributed by atoms with Crippen LogP contribution < -0.4 is 0 Å². The van der Waals surface area contributed by atoms with Crippen LogP contribution in [0, 0.1) is 0 Å². The molecule has 1 unspecified atom stereocenters. The summed E-state index contributed by atoms with van der Waals surface area (Å²) in [5.74, 6) is 0.834. The van der Waals surface area contributed by atoms with Crippen molar-refractivity contribution in [1.29, 1.82) is 0 Å². The average Bonchev–Trinajstić information content (AvgIpc) is 2.88. The number of hydrogen-bond donors (Lipinski definition) is 0. The SMILES string of the molecule is CCCN1C=C(C)C(S(C)(=O)=O)C2=C1N1CN(OC)C=C1C=N2. The highest BCUT2D eigenvalue weighted by molar-refractivity contribution is 7.91. The van der Waals surface area contributed by atoms with Crippen molar-refractivity contribution in [2.45, 2.75) is 25.5 Å². The summed E-state index contributed by atoms with van der Waals surface area (Å²) in [5, 5.41) is 1.00. The molecule has 3 heterocycles. The molecule has 3 rings (SSSR count). The van der Waals surface area contributed by atoms with E-state index in [0.29, 0.717) is 12.4 Å². The summed E-state index contributed by atoms with van der Waals surface area (Å²) in [6.45, 7) is 5.27. The number of hydroxylamine groups is 2. The molecule has 0 amide bonds. The maximum Gasteiger partial charge on any atom is 0.160 e. The summed E-state index contributed by atoms with van der Waals surface area (Å²) in [4.78, 5) is 13.9. The van der Waals surface area contributed by atoms with E-state index in [1.165, 1.54) is 6.26 Å². The van der Waals surface area contributed by atoms with Crippen LogP contribution in [0.2, 0.25) is 0 Å². The van der Waals surface area contributed by atoms with Gasteiger partial charge in [0.15, 0.2) is 9.84 Å². The fourth-order valence-electron chi connectivity index (χ4n) is 3.24. The zero-order valence-electron chi connectivity index (χ0n) is 13.9. The Labute approximate surface area is 137 Å². The van der Waals surface area contributed by atoms with Crippen LogP contribution in [0.1, 0.15) is 20.3 Å². The Balaban J connectivity index is 2.11. The van der Waals surface area contributed by atoms with E-state index in [4.69, 9.17) is 4.84 Å². The van der Waals surface area contributed by atoms with E-state index >= 15 is 0 Å². The van der Waals surface area contributed by atoms with Crippen molar-refractivity contribution in [3.8, 4) is 0 Å². The van der Waals surface area contributed by atoms with Crippen molar-refractivity contribution < 1.29 is 13.3 Å². The fraction of sp³-hybridized carbons (Fsp3) is 0.533. The van der Waals surface area contributed by atoms with Crippen LogP contribution in [0.15, 0.2) is 40.2 Å². The van der Waals surface area contributed by atoms with Crippen molar-refractivity contribution in [2.75, 3.05) is 26.6 Å². The Bertz CT molecular complexity index is 736. The fourth-order valence-corrected chi connectivity index (χ4v) is 4.55. The molecule has 0 saturated carbocycles. The van der Waals surface area contributed by atoms with Gasteiger partial charge in [0.25, 0.3) is 0 Å². The van der Waals surface area contributed by atoms with E-state index in [1.54, 1.807) is 18.4 Å². The molecule has 0 aromatic rings. The number of hydrogen-bond acceptors (Lipinski definition) is 7. The van der Waals surface area contributed by atoms with Crippen molar-refractivity contribution in [3.05, 3.63) is 35.2 Å². The van der Waals surface area contributed by atoms with Gasteiger partial charge in [-0.3, -0.25) is 9.83 Å². The van der Waals surface area contributed by atoms with Crippen LogP contribution in [0.4, 0.5) is 0 Å². The molecule has 0 aromatic carbocycles. The van der Waals surface area contributed by atoms with Crippen LogP contribution >= 0.6 is 0 Å². The normalized spacial score (nSPS) is 23.8. The molecule has 8 heteroatoms. The summed E-state index contributed by atoms with van der Waals surface area (Å²) in [5.41, 5.74) is 2.29. The summed E-state index contributed by atoms with van der Waals surface area (Å²) < 4.78 is 24.6. The van der Waals surface area contributed by atoms with Gasteiger partial charge in [-0.15, -0.1) is 0 Å². The molecule has 0 aliphatic carbocycles. The molecule has 23 heavy (non-hydrogen) atoms. The van der Waals surface area contributed by atoms with Gasteiger partial charge in [0.05, 0.1) is 25.2 Å². The number of aliphatic imine (C=N–C) groups is 1. The number of sulfone groups is 1. The highest BCUT2D eigenvalue weighted by atomic mass is 32.2. The summed E-state index contributed by atoms with van der Waals surface area (Å²) in [7, 11) is -1.68. The molecule has 0 fully saturated rings. The third-order valence-electron chi connectivity index (χ3n) is 4.11. The minimum Gasteiger partial charge on any atom is -0.333 e. The number of fused-ring (bicyclic) bond motifs is 2. The molecule has 0 aromatic heterocycles. The highest BCUT2D eigenvalue weighted by Gasteiger charge is 2.40. The molecular weight excluding hydrogens is 316 g/mol. The lowest BCUT2D eigenvalue weighted by atomic mass is 10.1. The third kappa shape index (κ3) is 2.66. The summed E-state index contributed by atoms with van der Waals surface area (Å²) in [6, 6.07) is 0. The van der Waals surface area contributed by atoms with E-state index in [-0.39, 0.29) is 0 Å². The van der Waals surface area contributed by atoms with Gasteiger partial charge in [-0.25, -0.2) is 13.5 Å². The first-order valence-electron chi connectivity index (χ1n) is 7.59. The van der Waals surface area contributed by atoms with Crippen LogP contribution in [-0.4, -0.2) is 61.3 Å². The second-order valence-electron chi connectivity index (χ2n) is 5.97. The summed E-state index contributed by atoms with van der Waals surface area (Å²) in [6.07, 6.45) is 7.72. The Morgan fingerprint density at radius 1 is 1.39 bits per heavy atom. The Morgan fingerprint density at radius 3 is 2.74 bits per heavy atom. The van der Waals surface area contributed by atoms with Gasteiger partial charge in [-0.1, -0.05) is 6.92 Å². The monoisotopic (exact) mass is 338 g/mol. The number of allylic oxidation sites excluding steroid dienone is 1. The third-order valence-corrected chi connectivity index (χ3v) is 5.56. The topological polar surface area (TPSA) is 65.5 Å². The predicted octanol–water partition coefficient (Wildman–Crippen LogP) is 1.26. The Hall–Kier alpha value is -1.80. The summed E-state index contributed by atoms with van der Waals surface area (Å²) >= 11 is 0. The predicted molar refractivity (Wildman–Crippen MR) is 88.5 cm³/mol. The molecule has 0 radical (unpaired) electrons. The molecule has 0 N–H and O–H groups in total. The van der Waals surface area contributed by atoms with Crippen LogP contribution in [0.5, 0.6) is 0 Å². The van der Waals surface area contributed by atoms with E-state index in [1.807, 2.05) is 24.2 Å². The first kappa shape index (κ1) is 16.1. The van der Waals surface area contributed by atoms with E-state index < -0.39 is 15.1 Å². The molecule has 0 spiro atoms. The first-order valence-corrected chi connectivity index (χ1v) is 9.54. The minimum absolute atomic E-state index is 0.514. The molecule has 126 valence electrons. The zero-order valence-corrected chi connectivity index (χ0v) is 14.7. The van der Waals surface area contributed by atoms with Gasteiger partial charge in [0.1, 0.15) is 23.4 Å². The standard InChI is InChI=1S/C15H22N4O3S/c1-5-6-17-8-11(2)14(23(4,20)21)13-15(17)19-10-18(22-3)9-12(19)7-16-13/h7-9,14H,5-6,10H2,1-4H3. The second kappa shape index (κ2) is 5.68. The average molecular weight is 338 g/mol. The van der Waals surface area contributed by atoms with Gasteiger partial charge in [-0.2, -0.15) is 0 Å². The maximum atomic E-state index is 12.3. The quantitative estimate of drug-likeness (QED) is 0.769. The van der Waals surface area contributed by atoms with Crippen molar-refractivity contribution in [3.63, 3.8) is 0 Å². The van der Waals surface area contributed by atoms with Crippen molar-refractivity contribution >= 4 is 16.1 Å². The van der Waals surface area contributed by atoms with E-state index in [2.05, 4.69) is 16.8 Å². The maximum absolute atomic E-state index is 12.3. The largest absolute Gasteiger partial charge is 0.333 e. The smallest absolute Gasteiger partial charge is 0.160 e. The molecule has 0 saturated heterocycles. The lowest BCUT2D eigenvalue weighted by Crippen LogP contribution is -2.43. The lowest BCUT2D eigenvalue weighted by Gasteiger charge is -2.40. The Morgan fingerprint density at radius 2 is 2.13 bits per heavy atom. The van der Waals surface area contributed by atoms with Gasteiger partial charge in [0, 0.05) is 19.0 Å². The van der Waals surface area contributed by atoms with Crippen LogP contribution in [-0.2, 0) is 14.7 Å². The van der Waals surface area contributed by atoms with Crippen molar-refractivity contribution in [2.24, 2.45) is 4.99 Å². The minimum atomic E-state index is -3.29. The van der Waals surface area contributed by atoms with Gasteiger partial charge in [-0.05, 0) is 18.9 Å². The zero-order chi connectivity index (χ0) is 16.8. The number of nitrogens with zero attached hydrogens (tertiary/aromatic N) is 4. The van der Waals surface area contributed by atoms with Gasteiger partial charge in [0.2, 0.25) is 0 Å². The van der Waals surface area contributed by atoms with E-state index in [0.717, 1.165) is 30.1 Å². The molecule has 0 bridgehead atoms. The van der Waals surface area contributed by atoms with Crippen molar-refractivity contribution in [1.82, 2.24) is 14.9 Å². The highest BCUT2D eigenvalue weighted by Crippen LogP contribution is 2.38. The molecule has 7 nitrogen and oxygen atoms in total. The first-order chi connectivity index (χ1) is 10.9. The van der Waals surface area contributed by atoms with E-state index in [9.17, 15) is 8.42 Å². The Kier molecular flexibility index (Phi) is 3.97. The lowest BCUT2D eigenvalue weighted by molar-refractivity contribution is -0.0967. The van der Waals surface area contributed by atoms with Gasteiger partial charge < -0.3 is 9.80 Å². The second-order valence-corrected chi connectivity index (χ2v) is 8.10.